The summed E-state index contributed by atoms with van der Waals surface area (Å²) in [5, 5.41) is 1.40. The van der Waals surface area contributed by atoms with E-state index < -0.39 is 0 Å². The number of nitrogen functional groups attached to an aromatic ring is 1. The number of halogens is 1. The van der Waals surface area contributed by atoms with E-state index >= 15 is 0 Å². The number of hydrogen-bond acceptors (Lipinski definition) is 5. The monoisotopic (exact) mass is 262 g/mol. The van der Waals surface area contributed by atoms with Crippen LogP contribution in [0.3, 0.4) is 0 Å². The van der Waals surface area contributed by atoms with Gasteiger partial charge in [-0.05, 0) is 18.2 Å². The molecule has 0 radical (unpaired) electrons. The summed E-state index contributed by atoms with van der Waals surface area (Å²) in [5.41, 5.74) is 7.85. The zero-order chi connectivity index (χ0) is 11.8. The van der Waals surface area contributed by atoms with Crippen molar-refractivity contribution in [1.29, 1.82) is 0 Å². The maximum Gasteiger partial charge on any atom is 0.190 e. The molecule has 1 aromatic carbocycles. The first kappa shape index (κ1) is 10.4. The Labute approximate surface area is 106 Å². The summed E-state index contributed by atoms with van der Waals surface area (Å²) in [4.78, 5) is 13.5. The quantitative estimate of drug-likeness (QED) is 0.685. The number of anilines is 1. The van der Waals surface area contributed by atoms with Gasteiger partial charge in [-0.15, -0.1) is 0 Å². The largest absolute Gasteiger partial charge is 0.399 e. The second kappa shape index (κ2) is 3.94. The van der Waals surface area contributed by atoms with Gasteiger partial charge in [-0.2, -0.15) is 0 Å². The Morgan fingerprint density at radius 2 is 2.00 bits per heavy atom. The Balaban J connectivity index is 2.23. The van der Waals surface area contributed by atoms with Gasteiger partial charge in [-0.25, -0.2) is 15.0 Å². The van der Waals surface area contributed by atoms with Gasteiger partial charge in [0.1, 0.15) is 5.01 Å². The Kier molecular flexibility index (Phi) is 2.42. The van der Waals surface area contributed by atoms with Crippen LogP contribution in [0, 0.1) is 0 Å². The number of rotatable bonds is 1. The molecule has 3 rings (SSSR count). The van der Waals surface area contributed by atoms with Crippen molar-refractivity contribution in [2.24, 2.45) is 0 Å². The summed E-state index contributed by atoms with van der Waals surface area (Å²) >= 11 is 7.58. The van der Waals surface area contributed by atoms with E-state index in [9.17, 15) is 0 Å². The van der Waals surface area contributed by atoms with E-state index in [4.69, 9.17) is 17.3 Å². The van der Waals surface area contributed by atoms with Crippen LogP contribution < -0.4 is 5.73 Å². The van der Waals surface area contributed by atoms with Gasteiger partial charge in [-0.1, -0.05) is 22.9 Å². The molecule has 0 bridgehead atoms. The lowest BCUT2D eigenvalue weighted by Crippen LogP contribution is -1.86. The average Bonchev–Trinajstić information content (AvgIpc) is 2.75. The van der Waals surface area contributed by atoms with Crippen molar-refractivity contribution < 1.29 is 0 Å². The number of nitrogens with two attached hydrogens (primary N) is 1. The van der Waals surface area contributed by atoms with E-state index in [0.717, 1.165) is 15.4 Å². The summed E-state index contributed by atoms with van der Waals surface area (Å²) in [7, 11) is 0. The Morgan fingerprint density at radius 1 is 1.18 bits per heavy atom. The molecule has 3 aromatic rings. The average molecular weight is 263 g/mol. The fourth-order valence-electron chi connectivity index (χ4n) is 1.50. The summed E-state index contributed by atoms with van der Waals surface area (Å²) in [6.07, 6.45) is 3.26. The molecule has 0 unspecified atom stereocenters. The van der Waals surface area contributed by atoms with E-state index in [1.54, 1.807) is 30.6 Å². The number of nitrogens with zero attached hydrogens (tertiary/aromatic N) is 3. The Hall–Kier alpha value is -1.72. The lowest BCUT2D eigenvalue weighted by atomic mass is 10.2. The van der Waals surface area contributed by atoms with Gasteiger partial charge in [0, 0.05) is 23.6 Å². The van der Waals surface area contributed by atoms with Crippen molar-refractivity contribution in [3.05, 3.63) is 35.6 Å². The summed E-state index contributed by atoms with van der Waals surface area (Å²) in [6.45, 7) is 0. The third-order valence-electron chi connectivity index (χ3n) is 2.27. The molecule has 2 aromatic heterocycles. The van der Waals surface area contributed by atoms with E-state index in [-0.39, 0.29) is 0 Å². The van der Waals surface area contributed by atoms with E-state index in [0.29, 0.717) is 16.4 Å². The second-order valence-electron chi connectivity index (χ2n) is 3.44. The molecule has 0 aliphatic rings. The minimum Gasteiger partial charge on any atom is -0.399 e. The first-order chi connectivity index (χ1) is 8.24. The van der Waals surface area contributed by atoms with Gasteiger partial charge in [-0.3, -0.25) is 0 Å². The molecule has 0 saturated carbocycles. The molecular weight excluding hydrogens is 256 g/mol. The van der Waals surface area contributed by atoms with E-state index in [1.807, 2.05) is 0 Å². The zero-order valence-corrected chi connectivity index (χ0v) is 10.2. The lowest BCUT2D eigenvalue weighted by molar-refractivity contribution is 1.26. The molecule has 0 aliphatic carbocycles. The van der Waals surface area contributed by atoms with E-state index in [1.165, 1.54) is 11.3 Å². The molecule has 0 aliphatic heterocycles. The summed E-state index contributed by atoms with van der Waals surface area (Å²) in [6, 6.07) is 5.33. The number of hydrogen-bond donors (Lipinski definition) is 1. The van der Waals surface area contributed by atoms with Crippen molar-refractivity contribution in [2.45, 2.75) is 0 Å². The van der Waals surface area contributed by atoms with Gasteiger partial charge in [0.15, 0.2) is 10.5 Å². The standard InChI is InChI=1S/C11H7ClN4S/c12-8-2-1-6(13)5-7(8)10-16-9-11(17-10)15-4-3-14-9/h1-5H,13H2. The van der Waals surface area contributed by atoms with Gasteiger partial charge in [0.25, 0.3) is 0 Å². The van der Waals surface area contributed by atoms with Crippen LogP contribution in [0.15, 0.2) is 30.6 Å². The molecule has 0 fully saturated rings. The first-order valence-electron chi connectivity index (χ1n) is 4.87. The predicted molar refractivity (Wildman–Crippen MR) is 70.1 cm³/mol. The van der Waals surface area contributed by atoms with Crippen molar-refractivity contribution >= 4 is 39.1 Å². The normalized spacial score (nSPS) is 10.9. The van der Waals surface area contributed by atoms with Crippen molar-refractivity contribution in [2.75, 3.05) is 5.73 Å². The van der Waals surface area contributed by atoms with Crippen LogP contribution in [0.5, 0.6) is 0 Å². The smallest absolute Gasteiger partial charge is 0.190 e. The van der Waals surface area contributed by atoms with Crippen LogP contribution in [0.1, 0.15) is 0 Å². The molecule has 17 heavy (non-hydrogen) atoms. The predicted octanol–water partition coefficient (Wildman–Crippen LogP) is 2.99. The highest BCUT2D eigenvalue weighted by atomic mass is 35.5. The van der Waals surface area contributed by atoms with Gasteiger partial charge in [0.2, 0.25) is 0 Å². The van der Waals surface area contributed by atoms with Crippen LogP contribution in [0.25, 0.3) is 21.0 Å². The highest BCUT2D eigenvalue weighted by Crippen LogP contribution is 2.33. The highest BCUT2D eigenvalue weighted by Gasteiger charge is 2.11. The van der Waals surface area contributed by atoms with Gasteiger partial charge < -0.3 is 5.73 Å². The fourth-order valence-corrected chi connectivity index (χ4v) is 2.66. The molecule has 4 nitrogen and oxygen atoms in total. The highest BCUT2D eigenvalue weighted by molar-refractivity contribution is 7.21. The maximum atomic E-state index is 6.13. The molecule has 0 saturated heterocycles. The topological polar surface area (TPSA) is 64.7 Å². The molecule has 0 spiro atoms. The van der Waals surface area contributed by atoms with Crippen LogP contribution in [-0.2, 0) is 0 Å². The minimum atomic E-state index is 0.623. The lowest BCUT2D eigenvalue weighted by Gasteiger charge is -2.00. The number of aromatic nitrogens is 3. The fraction of sp³-hybridized carbons (Fsp3) is 0. The molecule has 2 heterocycles. The number of thiazole rings is 1. The first-order valence-corrected chi connectivity index (χ1v) is 6.06. The number of benzene rings is 1. The summed E-state index contributed by atoms with van der Waals surface area (Å²) < 4.78 is 0. The SMILES string of the molecule is Nc1ccc(Cl)c(-c2nc3nccnc3s2)c1. The molecule has 0 amide bonds. The Morgan fingerprint density at radius 3 is 2.82 bits per heavy atom. The van der Waals surface area contributed by atoms with Crippen molar-refractivity contribution in [1.82, 2.24) is 15.0 Å². The van der Waals surface area contributed by atoms with Gasteiger partial charge in [0.05, 0.1) is 5.02 Å². The van der Waals surface area contributed by atoms with Crippen LogP contribution >= 0.6 is 22.9 Å². The maximum absolute atomic E-state index is 6.13. The van der Waals surface area contributed by atoms with Crippen molar-refractivity contribution in [3.8, 4) is 10.6 Å². The third kappa shape index (κ3) is 1.83. The van der Waals surface area contributed by atoms with Crippen LogP contribution in [0.4, 0.5) is 5.69 Å². The molecular formula is C11H7ClN4S. The Bertz CT molecular complexity index is 662. The summed E-state index contributed by atoms with van der Waals surface area (Å²) in [5.74, 6) is 0. The molecule has 0 atom stereocenters. The van der Waals surface area contributed by atoms with E-state index in [2.05, 4.69) is 15.0 Å². The molecule has 2 N–H and O–H groups in total. The van der Waals surface area contributed by atoms with Crippen LogP contribution in [0.2, 0.25) is 5.02 Å². The number of fused-ring (bicyclic) bond motifs is 1. The second-order valence-corrected chi connectivity index (χ2v) is 4.83. The zero-order valence-electron chi connectivity index (χ0n) is 8.59. The third-order valence-corrected chi connectivity index (χ3v) is 3.58. The minimum absolute atomic E-state index is 0.623. The van der Waals surface area contributed by atoms with Gasteiger partial charge >= 0.3 is 0 Å². The molecule has 84 valence electrons. The van der Waals surface area contributed by atoms with Crippen molar-refractivity contribution in [3.63, 3.8) is 0 Å². The molecule has 6 heteroatoms. The van der Waals surface area contributed by atoms with Crippen LogP contribution in [-0.4, -0.2) is 15.0 Å².